The number of halogens is 1. The Balaban J connectivity index is 0.00000720. The molecular formula is C43H54ClN7O6. The highest BCUT2D eigenvalue weighted by Crippen LogP contribution is 2.23. The minimum atomic E-state index is -0.840. The van der Waals surface area contributed by atoms with Gasteiger partial charge in [-0.3, -0.25) is 0 Å². The third kappa shape index (κ3) is 15.2. The molecule has 4 aromatic rings. The molecule has 1 saturated heterocycles. The lowest BCUT2D eigenvalue weighted by Crippen LogP contribution is -2.35. The summed E-state index contributed by atoms with van der Waals surface area (Å²) >= 11 is 0. The fourth-order valence-electron chi connectivity index (χ4n) is 6.31. The number of nitrogens with two attached hydrogens (primary N) is 4. The Morgan fingerprint density at radius 1 is 0.632 bits per heavy atom. The van der Waals surface area contributed by atoms with Crippen LogP contribution in [0, 0.1) is 5.92 Å². The average Bonchev–Trinajstić information content (AvgIpc) is 3.23. The SMILES string of the molecule is Cl.N/C(=N\OC(=O)C(N)Cc1ccccc1)c1ccc(OCCCN2CCC(CCCOc3ccc(/C(N)=N\OC(=O)C(N)Cc4ccccc4)cc3)CC2)cc1. The number of oxime groups is 2. The number of ether oxygens (including phenoxy) is 2. The van der Waals surface area contributed by atoms with E-state index in [2.05, 4.69) is 15.2 Å². The lowest BCUT2D eigenvalue weighted by Gasteiger charge is -2.32. The monoisotopic (exact) mass is 799 g/mol. The zero-order valence-corrected chi connectivity index (χ0v) is 32.9. The van der Waals surface area contributed by atoms with E-state index in [1.165, 1.54) is 12.8 Å². The first-order chi connectivity index (χ1) is 27.2. The molecule has 0 amide bonds. The maximum Gasteiger partial charge on any atom is 0.351 e. The van der Waals surface area contributed by atoms with Gasteiger partial charge in [0.2, 0.25) is 0 Å². The summed E-state index contributed by atoms with van der Waals surface area (Å²) in [6, 6.07) is 31.7. The van der Waals surface area contributed by atoms with Gasteiger partial charge in [-0.2, -0.15) is 0 Å². The number of amidine groups is 2. The van der Waals surface area contributed by atoms with E-state index in [0.29, 0.717) is 43.1 Å². The smallest absolute Gasteiger partial charge is 0.351 e. The number of hydrogen-bond acceptors (Lipinski definition) is 11. The van der Waals surface area contributed by atoms with Crippen molar-refractivity contribution in [2.75, 3.05) is 32.8 Å². The summed E-state index contributed by atoms with van der Waals surface area (Å²) in [5, 5.41) is 7.55. The van der Waals surface area contributed by atoms with Gasteiger partial charge in [-0.05, 0) is 124 Å². The first kappa shape index (κ1) is 44.2. The van der Waals surface area contributed by atoms with Gasteiger partial charge in [0, 0.05) is 17.7 Å². The van der Waals surface area contributed by atoms with E-state index in [0.717, 1.165) is 61.5 Å². The summed E-state index contributed by atoms with van der Waals surface area (Å²) in [5.74, 6) is 1.04. The first-order valence-electron chi connectivity index (χ1n) is 19.1. The predicted molar refractivity (Wildman–Crippen MR) is 224 cm³/mol. The summed E-state index contributed by atoms with van der Waals surface area (Å²) in [6.07, 6.45) is 6.08. The van der Waals surface area contributed by atoms with Gasteiger partial charge in [-0.15, -0.1) is 12.4 Å². The van der Waals surface area contributed by atoms with Gasteiger partial charge in [0.25, 0.3) is 0 Å². The Labute approximate surface area is 340 Å². The molecule has 8 N–H and O–H groups in total. The summed E-state index contributed by atoms with van der Waals surface area (Å²) in [4.78, 5) is 37.0. The number of hydrogen-bond donors (Lipinski definition) is 4. The number of nitrogens with zero attached hydrogens (tertiary/aromatic N) is 3. The Morgan fingerprint density at radius 3 is 1.49 bits per heavy atom. The van der Waals surface area contributed by atoms with Crippen molar-refractivity contribution < 1.29 is 28.7 Å². The maximum atomic E-state index is 12.2. The molecule has 1 heterocycles. The molecule has 1 aliphatic rings. The topological polar surface area (TPSA) is 203 Å². The third-order valence-electron chi connectivity index (χ3n) is 9.59. The quantitative estimate of drug-likeness (QED) is 0.0311. The molecule has 0 aliphatic carbocycles. The molecule has 13 nitrogen and oxygen atoms in total. The highest BCUT2D eigenvalue weighted by molar-refractivity contribution is 5.98. The van der Waals surface area contributed by atoms with E-state index in [4.69, 9.17) is 42.1 Å². The normalized spacial score (nSPS) is 14.8. The van der Waals surface area contributed by atoms with Gasteiger partial charge in [0.15, 0.2) is 11.7 Å². The van der Waals surface area contributed by atoms with Crippen molar-refractivity contribution in [2.45, 2.75) is 57.0 Å². The van der Waals surface area contributed by atoms with Crippen LogP contribution in [0.2, 0.25) is 0 Å². The lowest BCUT2D eigenvalue weighted by atomic mass is 9.92. The molecule has 1 fully saturated rings. The Bertz CT molecular complexity index is 1720. The highest BCUT2D eigenvalue weighted by Gasteiger charge is 2.20. The molecule has 0 saturated carbocycles. The molecule has 0 aromatic heterocycles. The van der Waals surface area contributed by atoms with Crippen LogP contribution in [-0.4, -0.2) is 73.4 Å². The van der Waals surface area contributed by atoms with Crippen molar-refractivity contribution in [3.63, 3.8) is 0 Å². The van der Waals surface area contributed by atoms with Crippen molar-refractivity contribution >= 4 is 36.0 Å². The number of benzene rings is 4. The summed E-state index contributed by atoms with van der Waals surface area (Å²) < 4.78 is 11.9. The minimum Gasteiger partial charge on any atom is -0.494 e. The molecule has 304 valence electrons. The highest BCUT2D eigenvalue weighted by atomic mass is 35.5. The van der Waals surface area contributed by atoms with Crippen LogP contribution in [-0.2, 0) is 32.1 Å². The summed E-state index contributed by atoms with van der Waals surface area (Å²) in [5.41, 5.74) is 27.1. The van der Waals surface area contributed by atoms with Crippen LogP contribution >= 0.6 is 12.4 Å². The third-order valence-corrected chi connectivity index (χ3v) is 9.59. The second-order valence-electron chi connectivity index (χ2n) is 13.9. The van der Waals surface area contributed by atoms with Gasteiger partial charge in [0.1, 0.15) is 23.6 Å². The van der Waals surface area contributed by atoms with Gasteiger partial charge in [-0.1, -0.05) is 71.0 Å². The van der Waals surface area contributed by atoms with Crippen LogP contribution in [0.3, 0.4) is 0 Å². The van der Waals surface area contributed by atoms with E-state index in [1.807, 2.05) is 84.9 Å². The van der Waals surface area contributed by atoms with Gasteiger partial charge in [-0.25, -0.2) is 9.59 Å². The largest absolute Gasteiger partial charge is 0.494 e. The van der Waals surface area contributed by atoms with Crippen molar-refractivity contribution in [3.8, 4) is 11.5 Å². The van der Waals surface area contributed by atoms with Crippen molar-refractivity contribution in [3.05, 3.63) is 131 Å². The fourth-order valence-corrected chi connectivity index (χ4v) is 6.31. The molecule has 0 spiro atoms. The van der Waals surface area contributed by atoms with E-state index in [1.54, 1.807) is 24.3 Å². The first-order valence-corrected chi connectivity index (χ1v) is 19.1. The second kappa shape index (κ2) is 23.6. The molecule has 14 heteroatoms. The molecule has 2 atom stereocenters. The van der Waals surface area contributed by atoms with Crippen molar-refractivity contribution in [1.29, 1.82) is 0 Å². The fraction of sp³-hybridized carbons (Fsp3) is 0.349. The zero-order chi connectivity index (χ0) is 39.5. The van der Waals surface area contributed by atoms with Crippen LogP contribution in [0.15, 0.2) is 120 Å². The molecule has 4 aromatic carbocycles. The van der Waals surface area contributed by atoms with Crippen LogP contribution < -0.4 is 32.4 Å². The molecule has 0 radical (unpaired) electrons. The number of rotatable bonds is 20. The Hall–Kier alpha value is -5.47. The minimum absolute atomic E-state index is 0. The number of carbonyl (C=O) groups is 2. The Kier molecular flexibility index (Phi) is 18.3. The molecule has 1 aliphatic heterocycles. The van der Waals surface area contributed by atoms with Crippen LogP contribution in [0.5, 0.6) is 11.5 Å². The number of carbonyl (C=O) groups excluding carboxylic acids is 2. The van der Waals surface area contributed by atoms with E-state index in [9.17, 15) is 9.59 Å². The van der Waals surface area contributed by atoms with E-state index in [-0.39, 0.29) is 24.1 Å². The van der Waals surface area contributed by atoms with E-state index < -0.39 is 24.0 Å². The Morgan fingerprint density at radius 2 is 1.05 bits per heavy atom. The van der Waals surface area contributed by atoms with Crippen LogP contribution in [0.4, 0.5) is 0 Å². The van der Waals surface area contributed by atoms with E-state index >= 15 is 0 Å². The summed E-state index contributed by atoms with van der Waals surface area (Å²) in [6.45, 7) is 4.39. The van der Waals surface area contributed by atoms with Crippen LogP contribution in [0.25, 0.3) is 0 Å². The number of piperidine rings is 1. The molecule has 0 bridgehead atoms. The molecule has 5 rings (SSSR count). The van der Waals surface area contributed by atoms with Gasteiger partial charge >= 0.3 is 11.9 Å². The predicted octanol–water partition coefficient (Wildman–Crippen LogP) is 4.92. The molecule has 2 unspecified atom stereocenters. The lowest BCUT2D eigenvalue weighted by molar-refractivity contribution is -0.146. The van der Waals surface area contributed by atoms with Crippen molar-refractivity contribution in [1.82, 2.24) is 4.90 Å². The molecule has 57 heavy (non-hydrogen) atoms. The van der Waals surface area contributed by atoms with Gasteiger partial charge in [0.05, 0.1) is 13.2 Å². The van der Waals surface area contributed by atoms with Crippen LogP contribution in [0.1, 0.15) is 54.4 Å². The van der Waals surface area contributed by atoms with Crippen molar-refractivity contribution in [2.24, 2.45) is 39.2 Å². The summed E-state index contributed by atoms with van der Waals surface area (Å²) in [7, 11) is 0. The van der Waals surface area contributed by atoms with Gasteiger partial charge < -0.3 is 47.0 Å². The molecular weight excluding hydrogens is 746 g/mol. The second-order valence-corrected chi connectivity index (χ2v) is 13.9. The zero-order valence-electron chi connectivity index (χ0n) is 32.1. The number of likely N-dealkylation sites (tertiary alicyclic amines) is 1. The average molecular weight is 800 g/mol. The maximum absolute atomic E-state index is 12.2. The standard InChI is InChI=1S/C43H53N7O6.ClH/c44-38(29-32-9-3-1-4-10-32)42(51)55-48-40(46)34-14-18-36(19-15-34)53-27-7-13-31-22-25-50(26-23-31)24-8-28-54-37-20-16-35(17-21-37)41(47)49-56-43(52)39(45)30-33-11-5-2-6-12-33;/h1-6,9-12,14-21,31,38-39H,7-8,13,22-30,44-45H2,(H2,46,48)(H2,47,49);1H.